The summed E-state index contributed by atoms with van der Waals surface area (Å²) in [6, 6.07) is 14.6. The third-order valence-corrected chi connectivity index (χ3v) is 5.12. The van der Waals surface area contributed by atoms with Crippen LogP contribution in [0.3, 0.4) is 0 Å². The third-order valence-electron chi connectivity index (χ3n) is 4.74. The summed E-state index contributed by atoms with van der Waals surface area (Å²) in [5, 5.41) is 16.4. The van der Waals surface area contributed by atoms with Gasteiger partial charge in [0, 0.05) is 19.0 Å². The lowest BCUT2D eigenvalue weighted by Gasteiger charge is -2.34. The van der Waals surface area contributed by atoms with E-state index in [1.165, 1.54) is 10.8 Å². The summed E-state index contributed by atoms with van der Waals surface area (Å²) in [5.41, 5.74) is 7.12. The Morgan fingerprint density at radius 2 is 1.95 bits per heavy atom. The predicted molar refractivity (Wildman–Crippen MR) is 92.1 cm³/mol. The van der Waals surface area contributed by atoms with E-state index < -0.39 is 6.10 Å². The molecular formula is C18H23ClN2O. The summed E-state index contributed by atoms with van der Waals surface area (Å²) < 4.78 is 0. The van der Waals surface area contributed by atoms with Gasteiger partial charge in [0.05, 0.1) is 11.6 Å². The molecule has 2 aromatic rings. The monoisotopic (exact) mass is 318 g/mol. The zero-order valence-corrected chi connectivity index (χ0v) is 13.3. The molecule has 1 aliphatic heterocycles. The maximum atomic E-state index is 10.8. The molecule has 3 unspecified atom stereocenters. The fourth-order valence-electron chi connectivity index (χ4n) is 3.37. The van der Waals surface area contributed by atoms with Crippen LogP contribution in [0.5, 0.6) is 0 Å². The molecule has 4 heteroatoms. The average molecular weight is 319 g/mol. The van der Waals surface area contributed by atoms with Gasteiger partial charge in [-0.2, -0.15) is 0 Å². The Hall–Kier alpha value is -1.13. The van der Waals surface area contributed by atoms with Gasteiger partial charge in [-0.15, -0.1) is 11.6 Å². The quantitative estimate of drug-likeness (QED) is 0.600. The van der Waals surface area contributed by atoms with Crippen molar-refractivity contribution in [3.05, 3.63) is 48.0 Å². The SMILES string of the molecule is NCC(c1ccc2ccccc2c1)[C@@H](O)C1CCC(Cl)NC1. The van der Waals surface area contributed by atoms with Crippen molar-refractivity contribution in [1.29, 1.82) is 0 Å². The van der Waals surface area contributed by atoms with E-state index in [1.54, 1.807) is 0 Å². The van der Waals surface area contributed by atoms with E-state index in [9.17, 15) is 5.11 Å². The highest BCUT2D eigenvalue weighted by molar-refractivity contribution is 6.20. The molecule has 2 aromatic carbocycles. The van der Waals surface area contributed by atoms with Gasteiger partial charge in [0.1, 0.15) is 0 Å². The Bertz CT molecular complexity index is 625. The lowest BCUT2D eigenvalue weighted by atomic mass is 9.82. The van der Waals surface area contributed by atoms with Crippen molar-refractivity contribution in [2.75, 3.05) is 13.1 Å². The first-order valence-corrected chi connectivity index (χ1v) is 8.37. The number of benzene rings is 2. The van der Waals surface area contributed by atoms with Gasteiger partial charge in [0.15, 0.2) is 0 Å². The smallest absolute Gasteiger partial charge is 0.0825 e. The van der Waals surface area contributed by atoms with Crippen molar-refractivity contribution < 1.29 is 5.11 Å². The maximum absolute atomic E-state index is 10.8. The van der Waals surface area contributed by atoms with Crippen LogP contribution in [0.25, 0.3) is 10.8 Å². The lowest BCUT2D eigenvalue weighted by Crippen LogP contribution is -2.43. The van der Waals surface area contributed by atoms with E-state index in [4.69, 9.17) is 17.3 Å². The zero-order valence-electron chi connectivity index (χ0n) is 12.6. The average Bonchev–Trinajstić information content (AvgIpc) is 2.56. The van der Waals surface area contributed by atoms with Gasteiger partial charge in [-0.05, 0) is 35.1 Å². The van der Waals surface area contributed by atoms with E-state index in [0.29, 0.717) is 6.54 Å². The second kappa shape index (κ2) is 6.97. The molecule has 0 saturated carbocycles. The fraction of sp³-hybridized carbons (Fsp3) is 0.444. The molecule has 4 atom stereocenters. The molecule has 0 radical (unpaired) electrons. The van der Waals surface area contributed by atoms with Crippen molar-refractivity contribution in [2.24, 2.45) is 11.7 Å². The van der Waals surface area contributed by atoms with Crippen LogP contribution in [0.2, 0.25) is 0 Å². The highest BCUT2D eigenvalue weighted by atomic mass is 35.5. The molecule has 0 bridgehead atoms. The Morgan fingerprint density at radius 1 is 1.18 bits per heavy atom. The minimum absolute atomic E-state index is 0.0282. The molecule has 1 fully saturated rings. The Morgan fingerprint density at radius 3 is 2.64 bits per heavy atom. The molecule has 22 heavy (non-hydrogen) atoms. The Kier molecular flexibility index (Phi) is 4.99. The second-order valence-corrected chi connectivity index (χ2v) is 6.68. The summed E-state index contributed by atoms with van der Waals surface area (Å²) in [6.07, 6.45) is 1.38. The zero-order chi connectivity index (χ0) is 15.5. The number of aliphatic hydroxyl groups is 1. The summed E-state index contributed by atoms with van der Waals surface area (Å²) >= 11 is 6.07. The number of alkyl halides is 1. The van der Waals surface area contributed by atoms with Crippen LogP contribution in [-0.2, 0) is 0 Å². The molecule has 0 amide bonds. The number of halogens is 1. The summed E-state index contributed by atoms with van der Waals surface area (Å²) in [7, 11) is 0. The van der Waals surface area contributed by atoms with E-state index in [1.807, 2.05) is 12.1 Å². The van der Waals surface area contributed by atoms with Crippen LogP contribution in [0.15, 0.2) is 42.5 Å². The first-order valence-electron chi connectivity index (χ1n) is 7.93. The van der Waals surface area contributed by atoms with Gasteiger partial charge in [-0.1, -0.05) is 42.5 Å². The number of hydrogen-bond donors (Lipinski definition) is 3. The maximum Gasteiger partial charge on any atom is 0.0825 e. The first-order chi connectivity index (χ1) is 10.7. The fourth-order valence-corrected chi connectivity index (χ4v) is 3.59. The topological polar surface area (TPSA) is 58.3 Å². The molecule has 118 valence electrons. The number of hydrogen-bond acceptors (Lipinski definition) is 3. The molecule has 0 aromatic heterocycles. The van der Waals surface area contributed by atoms with E-state index >= 15 is 0 Å². The van der Waals surface area contributed by atoms with Crippen molar-refractivity contribution in [1.82, 2.24) is 5.32 Å². The van der Waals surface area contributed by atoms with E-state index in [2.05, 4.69) is 35.6 Å². The van der Waals surface area contributed by atoms with Crippen LogP contribution < -0.4 is 11.1 Å². The summed E-state index contributed by atoms with van der Waals surface area (Å²) in [4.78, 5) is 0. The highest BCUT2D eigenvalue weighted by Gasteiger charge is 2.31. The highest BCUT2D eigenvalue weighted by Crippen LogP contribution is 2.30. The molecule has 3 nitrogen and oxygen atoms in total. The molecule has 1 saturated heterocycles. The van der Waals surface area contributed by atoms with E-state index in [-0.39, 0.29) is 17.3 Å². The van der Waals surface area contributed by atoms with Gasteiger partial charge in [-0.3, -0.25) is 0 Å². The number of nitrogens with one attached hydrogen (secondary N) is 1. The normalized spacial score (nSPS) is 25.0. The van der Waals surface area contributed by atoms with Crippen molar-refractivity contribution >= 4 is 22.4 Å². The summed E-state index contributed by atoms with van der Waals surface area (Å²) in [5.74, 6) is 0.165. The lowest BCUT2D eigenvalue weighted by molar-refractivity contribution is 0.0670. The number of rotatable bonds is 4. The molecule has 3 rings (SSSR count). The number of aliphatic hydroxyl groups excluding tert-OH is 1. The molecule has 4 N–H and O–H groups in total. The van der Waals surface area contributed by atoms with Crippen molar-refractivity contribution in [3.8, 4) is 0 Å². The van der Waals surface area contributed by atoms with Gasteiger partial charge >= 0.3 is 0 Å². The van der Waals surface area contributed by atoms with Gasteiger partial charge in [0.25, 0.3) is 0 Å². The van der Waals surface area contributed by atoms with Crippen LogP contribution in [-0.4, -0.2) is 29.8 Å². The largest absolute Gasteiger partial charge is 0.392 e. The van der Waals surface area contributed by atoms with Crippen LogP contribution in [0, 0.1) is 5.92 Å². The van der Waals surface area contributed by atoms with Gasteiger partial charge in [0.2, 0.25) is 0 Å². The van der Waals surface area contributed by atoms with Crippen LogP contribution in [0.1, 0.15) is 24.3 Å². The van der Waals surface area contributed by atoms with Gasteiger partial charge in [-0.25, -0.2) is 0 Å². The molecule has 0 aliphatic carbocycles. The molecule has 1 heterocycles. The number of piperidine rings is 1. The minimum Gasteiger partial charge on any atom is -0.392 e. The minimum atomic E-state index is -0.442. The third kappa shape index (κ3) is 3.28. The van der Waals surface area contributed by atoms with Crippen LogP contribution in [0.4, 0.5) is 0 Å². The first kappa shape index (κ1) is 15.8. The van der Waals surface area contributed by atoms with Crippen LogP contribution >= 0.6 is 11.6 Å². The Balaban J connectivity index is 1.82. The van der Waals surface area contributed by atoms with Crippen molar-refractivity contribution in [2.45, 2.75) is 30.4 Å². The number of fused-ring (bicyclic) bond motifs is 1. The molecular weight excluding hydrogens is 296 g/mol. The standard InChI is InChI=1S/C18H23ClN2O/c19-17-8-7-15(11-21-17)18(22)16(10-20)14-6-5-12-3-1-2-4-13(12)9-14/h1-6,9,15-18,21-22H,7-8,10-11,20H2/t15?,16?,17?,18-/m0/s1. The predicted octanol–water partition coefficient (Wildman–Crippen LogP) is 2.81. The van der Waals surface area contributed by atoms with Gasteiger partial charge < -0.3 is 16.2 Å². The van der Waals surface area contributed by atoms with E-state index in [0.717, 1.165) is 24.9 Å². The second-order valence-electron chi connectivity index (χ2n) is 6.15. The van der Waals surface area contributed by atoms with Crippen molar-refractivity contribution in [3.63, 3.8) is 0 Å². The summed E-state index contributed by atoms with van der Waals surface area (Å²) in [6.45, 7) is 1.19. The molecule has 0 spiro atoms. The molecule has 1 aliphatic rings. The number of nitrogens with two attached hydrogens (primary N) is 1. The Labute approximate surface area is 136 Å².